The average molecular weight is 335 g/mol. The van der Waals surface area contributed by atoms with Gasteiger partial charge in [-0.3, -0.25) is 0 Å². The Morgan fingerprint density at radius 1 is 1.32 bits per heavy atom. The number of benzene rings is 1. The minimum atomic E-state index is 0.251. The fourth-order valence-electron chi connectivity index (χ4n) is 3.30. The van der Waals surface area contributed by atoms with Crippen LogP contribution in [0.2, 0.25) is 0 Å². The number of halogens is 1. The van der Waals surface area contributed by atoms with Gasteiger partial charge in [0, 0.05) is 21.5 Å². The van der Waals surface area contributed by atoms with Gasteiger partial charge >= 0.3 is 0 Å². The molecule has 22 heavy (non-hydrogen) atoms. The van der Waals surface area contributed by atoms with Gasteiger partial charge in [0.1, 0.15) is 0 Å². The number of hydrogen-bond acceptors (Lipinski definition) is 2. The summed E-state index contributed by atoms with van der Waals surface area (Å²) in [5.74, 6) is 0.393. The highest BCUT2D eigenvalue weighted by Gasteiger charge is 2.36. The topological polar surface area (TPSA) is 9.23 Å². The van der Waals surface area contributed by atoms with Gasteiger partial charge in [0.15, 0.2) is 0 Å². The van der Waals surface area contributed by atoms with Crippen molar-refractivity contribution >= 4 is 23.4 Å². The zero-order valence-electron chi connectivity index (χ0n) is 13.4. The highest BCUT2D eigenvalue weighted by atomic mass is 35.5. The third-order valence-corrected chi connectivity index (χ3v) is 6.20. The molecule has 1 saturated heterocycles. The summed E-state index contributed by atoms with van der Waals surface area (Å²) in [4.78, 5) is 0. The Hall–Kier alpha value is -0.700. The minimum absolute atomic E-state index is 0.251. The maximum atomic E-state index is 6.33. The number of allylic oxidation sites excluding steroid dienone is 2. The number of thioether (sulfide) groups is 1. The van der Waals surface area contributed by atoms with Crippen LogP contribution in [0.1, 0.15) is 30.0 Å². The standard InChI is InChI=1S/C19H23ClOS/c1-12-4-5-15(13(2)8-12)11-21-18-9-14(3)22-19-7-6-16(20)10-17(18)19/h4-8,10,14,17-19H,9,11H2,1-3H3/t14-,17-,18+,19+/m0/s1. The van der Waals surface area contributed by atoms with Crippen molar-refractivity contribution in [3.05, 3.63) is 58.1 Å². The molecule has 1 aliphatic carbocycles. The van der Waals surface area contributed by atoms with Crippen LogP contribution in [-0.2, 0) is 11.3 Å². The minimum Gasteiger partial charge on any atom is -0.373 e. The smallest absolute Gasteiger partial charge is 0.0723 e. The maximum absolute atomic E-state index is 6.33. The highest BCUT2D eigenvalue weighted by Crippen LogP contribution is 2.42. The lowest BCUT2D eigenvalue weighted by molar-refractivity contribution is 0.00694. The number of rotatable bonds is 3. The van der Waals surface area contributed by atoms with E-state index < -0.39 is 0 Å². The fraction of sp³-hybridized carbons (Fsp3) is 0.474. The molecule has 0 N–H and O–H groups in total. The monoisotopic (exact) mass is 334 g/mol. The molecule has 0 unspecified atom stereocenters. The van der Waals surface area contributed by atoms with Gasteiger partial charge < -0.3 is 4.74 Å². The number of hydrogen-bond donors (Lipinski definition) is 0. The van der Waals surface area contributed by atoms with Gasteiger partial charge in [0.05, 0.1) is 12.7 Å². The van der Waals surface area contributed by atoms with Gasteiger partial charge in [-0.05, 0) is 37.5 Å². The van der Waals surface area contributed by atoms with Crippen LogP contribution in [-0.4, -0.2) is 16.6 Å². The van der Waals surface area contributed by atoms with E-state index in [1.54, 1.807) is 0 Å². The van der Waals surface area contributed by atoms with Gasteiger partial charge in [-0.25, -0.2) is 0 Å². The van der Waals surface area contributed by atoms with Crippen LogP contribution in [0.15, 0.2) is 41.5 Å². The number of fused-ring (bicyclic) bond motifs is 1. The first-order chi connectivity index (χ1) is 10.5. The van der Waals surface area contributed by atoms with Gasteiger partial charge in [0.2, 0.25) is 0 Å². The van der Waals surface area contributed by atoms with E-state index in [0.29, 0.717) is 23.0 Å². The van der Waals surface area contributed by atoms with Crippen LogP contribution >= 0.6 is 23.4 Å². The number of ether oxygens (including phenoxy) is 1. The Morgan fingerprint density at radius 2 is 2.14 bits per heavy atom. The van der Waals surface area contributed by atoms with Gasteiger partial charge in [-0.2, -0.15) is 11.8 Å². The predicted molar refractivity (Wildman–Crippen MR) is 96.5 cm³/mol. The molecule has 1 aromatic carbocycles. The summed E-state index contributed by atoms with van der Waals surface area (Å²) >= 11 is 8.24. The molecule has 1 heterocycles. The van der Waals surface area contributed by atoms with Crippen LogP contribution in [0.25, 0.3) is 0 Å². The van der Waals surface area contributed by atoms with Gasteiger partial charge in [0.25, 0.3) is 0 Å². The quantitative estimate of drug-likeness (QED) is 0.732. The van der Waals surface area contributed by atoms with Crippen molar-refractivity contribution in [2.75, 3.05) is 0 Å². The highest BCUT2D eigenvalue weighted by molar-refractivity contribution is 8.00. The van der Waals surface area contributed by atoms with E-state index in [-0.39, 0.29) is 6.10 Å². The van der Waals surface area contributed by atoms with E-state index in [0.717, 1.165) is 11.5 Å². The molecule has 0 spiro atoms. The molecule has 118 valence electrons. The SMILES string of the molecule is Cc1ccc(CO[C@@H]2C[C@H](C)S[C@@H]3C=CC(Cl)=C[C@@H]23)c(C)c1. The lowest BCUT2D eigenvalue weighted by Crippen LogP contribution is -2.38. The molecule has 3 heteroatoms. The van der Waals surface area contributed by atoms with Crippen molar-refractivity contribution in [2.45, 2.75) is 50.4 Å². The van der Waals surface area contributed by atoms with Crippen molar-refractivity contribution in [3.63, 3.8) is 0 Å². The van der Waals surface area contributed by atoms with Crippen LogP contribution in [0.5, 0.6) is 0 Å². The molecule has 1 aliphatic heterocycles. The molecule has 0 radical (unpaired) electrons. The van der Waals surface area contributed by atoms with Gasteiger partial charge in [-0.15, -0.1) is 0 Å². The second kappa shape index (κ2) is 6.82. The second-order valence-corrected chi connectivity index (χ2v) is 8.47. The van der Waals surface area contributed by atoms with Gasteiger partial charge in [-0.1, -0.05) is 54.4 Å². The Balaban J connectivity index is 1.71. The van der Waals surface area contributed by atoms with Crippen LogP contribution in [0.4, 0.5) is 0 Å². The number of aryl methyl sites for hydroxylation is 2. The summed E-state index contributed by atoms with van der Waals surface area (Å²) in [6.07, 6.45) is 7.78. The molecule has 0 saturated carbocycles. The third-order valence-electron chi connectivity index (χ3n) is 4.51. The Labute approximate surface area is 142 Å². The zero-order chi connectivity index (χ0) is 15.7. The van der Waals surface area contributed by atoms with E-state index in [9.17, 15) is 0 Å². The molecule has 0 bridgehead atoms. The summed E-state index contributed by atoms with van der Waals surface area (Å²) < 4.78 is 6.33. The summed E-state index contributed by atoms with van der Waals surface area (Å²) in [6.45, 7) is 7.27. The fourth-order valence-corrected chi connectivity index (χ4v) is 4.96. The van der Waals surface area contributed by atoms with E-state index in [2.05, 4.69) is 51.1 Å². The largest absolute Gasteiger partial charge is 0.373 e. The van der Waals surface area contributed by atoms with Crippen LogP contribution < -0.4 is 0 Å². The van der Waals surface area contributed by atoms with Crippen molar-refractivity contribution in [1.82, 2.24) is 0 Å². The van der Waals surface area contributed by atoms with E-state index in [1.807, 2.05) is 17.8 Å². The zero-order valence-corrected chi connectivity index (χ0v) is 15.0. The van der Waals surface area contributed by atoms with Crippen molar-refractivity contribution in [1.29, 1.82) is 0 Å². The lowest BCUT2D eigenvalue weighted by Gasteiger charge is -2.39. The summed E-state index contributed by atoms with van der Waals surface area (Å²) in [7, 11) is 0. The Kier molecular flexibility index (Phi) is 5.01. The molecule has 2 aliphatic rings. The molecule has 4 atom stereocenters. The molecule has 0 amide bonds. The second-order valence-electron chi connectivity index (χ2n) is 6.41. The van der Waals surface area contributed by atoms with Crippen molar-refractivity contribution in [2.24, 2.45) is 5.92 Å². The third kappa shape index (κ3) is 3.61. The normalized spacial score (nSPS) is 30.8. The molecule has 1 fully saturated rings. The van der Waals surface area contributed by atoms with Crippen molar-refractivity contribution in [3.8, 4) is 0 Å². The first kappa shape index (κ1) is 16.2. The van der Waals surface area contributed by atoms with E-state index >= 15 is 0 Å². The molecule has 1 aromatic rings. The lowest BCUT2D eigenvalue weighted by atomic mass is 9.90. The van der Waals surface area contributed by atoms with Crippen LogP contribution in [0, 0.1) is 19.8 Å². The molecule has 1 nitrogen and oxygen atoms in total. The molecular formula is C19H23ClOS. The first-order valence-corrected chi connectivity index (χ1v) is 9.23. The molecule has 0 aromatic heterocycles. The summed E-state index contributed by atoms with van der Waals surface area (Å²) in [5, 5.41) is 1.96. The Morgan fingerprint density at radius 3 is 2.91 bits per heavy atom. The predicted octanol–water partition coefficient (Wildman–Crippen LogP) is 5.39. The summed E-state index contributed by atoms with van der Waals surface area (Å²) in [5.41, 5.74) is 3.90. The molecule has 3 rings (SSSR count). The maximum Gasteiger partial charge on any atom is 0.0723 e. The summed E-state index contributed by atoms with van der Waals surface area (Å²) in [6, 6.07) is 6.57. The Bertz CT molecular complexity index is 607. The van der Waals surface area contributed by atoms with Crippen molar-refractivity contribution < 1.29 is 4.74 Å². The van der Waals surface area contributed by atoms with E-state index in [4.69, 9.17) is 16.3 Å². The average Bonchev–Trinajstić information content (AvgIpc) is 2.46. The first-order valence-electron chi connectivity index (χ1n) is 7.91. The molecular weight excluding hydrogens is 312 g/mol. The van der Waals surface area contributed by atoms with Crippen LogP contribution in [0.3, 0.4) is 0 Å². The van der Waals surface area contributed by atoms with E-state index in [1.165, 1.54) is 16.7 Å².